The second kappa shape index (κ2) is 7.97. The summed E-state index contributed by atoms with van der Waals surface area (Å²) in [5.41, 5.74) is -0.222. The number of nitro benzene ring substituents is 1. The third-order valence-corrected chi connectivity index (χ3v) is 4.73. The molecule has 0 radical (unpaired) electrons. The lowest BCUT2D eigenvalue weighted by Gasteiger charge is -2.30. The zero-order valence-electron chi connectivity index (χ0n) is 15.4. The lowest BCUT2D eigenvalue weighted by molar-refractivity contribution is -0.385. The van der Waals surface area contributed by atoms with Crippen LogP contribution in [0.3, 0.4) is 0 Å². The molecule has 0 amide bonds. The van der Waals surface area contributed by atoms with Crippen LogP contribution in [0.1, 0.15) is 24.8 Å². The van der Waals surface area contributed by atoms with Crippen LogP contribution in [0.15, 0.2) is 65.5 Å². The SMILES string of the molecule is CC1=C(C(=O)O)C(c2ccccc2[N+](=O)[O-])C(C(=O)O)=C(CCn2ccnc2)N1. The van der Waals surface area contributed by atoms with Gasteiger partial charge in [0, 0.05) is 48.4 Å². The molecule has 29 heavy (non-hydrogen) atoms. The first-order valence-corrected chi connectivity index (χ1v) is 8.67. The molecule has 1 atom stereocenters. The highest BCUT2D eigenvalue weighted by molar-refractivity contribution is 5.98. The van der Waals surface area contributed by atoms with Gasteiger partial charge in [-0.15, -0.1) is 0 Å². The van der Waals surface area contributed by atoms with E-state index in [0.717, 1.165) is 0 Å². The summed E-state index contributed by atoms with van der Waals surface area (Å²) in [5.74, 6) is -3.97. The molecule has 1 aromatic heterocycles. The molecule has 1 aromatic carbocycles. The van der Waals surface area contributed by atoms with E-state index in [9.17, 15) is 29.9 Å². The molecule has 10 nitrogen and oxygen atoms in total. The maximum absolute atomic E-state index is 12.2. The Morgan fingerprint density at radius 2 is 1.93 bits per heavy atom. The van der Waals surface area contributed by atoms with Gasteiger partial charge in [-0.3, -0.25) is 10.1 Å². The fraction of sp³-hybridized carbons (Fsp3) is 0.211. The highest BCUT2D eigenvalue weighted by atomic mass is 16.6. The Balaban J connectivity index is 2.17. The summed E-state index contributed by atoms with van der Waals surface area (Å²) in [7, 11) is 0. The molecule has 3 N–H and O–H groups in total. The molecule has 2 aromatic rings. The van der Waals surface area contributed by atoms with Crippen molar-refractivity contribution in [2.45, 2.75) is 25.8 Å². The van der Waals surface area contributed by atoms with Gasteiger partial charge in [-0.1, -0.05) is 18.2 Å². The van der Waals surface area contributed by atoms with Gasteiger partial charge in [0.15, 0.2) is 0 Å². The predicted octanol–water partition coefficient (Wildman–Crippen LogP) is 2.27. The van der Waals surface area contributed by atoms with Crippen LogP contribution in [-0.2, 0) is 16.1 Å². The Morgan fingerprint density at radius 1 is 1.24 bits per heavy atom. The largest absolute Gasteiger partial charge is 0.478 e. The van der Waals surface area contributed by atoms with Gasteiger partial charge in [0.1, 0.15) is 0 Å². The van der Waals surface area contributed by atoms with Crippen LogP contribution in [0.5, 0.6) is 0 Å². The highest BCUT2D eigenvalue weighted by Gasteiger charge is 2.40. The number of nitro groups is 1. The van der Waals surface area contributed by atoms with Crippen LogP contribution in [-0.4, -0.2) is 36.6 Å². The lowest BCUT2D eigenvalue weighted by Crippen LogP contribution is -2.32. The molecular formula is C19H18N4O6. The first-order valence-electron chi connectivity index (χ1n) is 8.67. The van der Waals surface area contributed by atoms with E-state index in [1.165, 1.54) is 31.2 Å². The molecule has 0 aliphatic carbocycles. The van der Waals surface area contributed by atoms with Crippen LogP contribution >= 0.6 is 0 Å². The quantitative estimate of drug-likeness (QED) is 0.475. The molecule has 1 aliphatic heterocycles. The van der Waals surface area contributed by atoms with Crippen LogP contribution < -0.4 is 5.32 Å². The van der Waals surface area contributed by atoms with Gasteiger partial charge in [-0.05, 0) is 6.92 Å². The van der Waals surface area contributed by atoms with E-state index < -0.39 is 22.8 Å². The van der Waals surface area contributed by atoms with Gasteiger partial charge in [0.25, 0.3) is 5.69 Å². The number of para-hydroxylation sites is 1. The summed E-state index contributed by atoms with van der Waals surface area (Å²) >= 11 is 0. The molecule has 0 spiro atoms. The van der Waals surface area contributed by atoms with E-state index in [4.69, 9.17) is 0 Å². The van der Waals surface area contributed by atoms with E-state index in [1.807, 2.05) is 0 Å². The number of aromatic nitrogens is 2. The van der Waals surface area contributed by atoms with Crippen molar-refractivity contribution in [3.63, 3.8) is 0 Å². The van der Waals surface area contributed by atoms with E-state index in [2.05, 4.69) is 10.3 Å². The number of allylic oxidation sites excluding steroid dienone is 2. The lowest BCUT2D eigenvalue weighted by atomic mass is 9.79. The first kappa shape index (κ1) is 19.8. The molecule has 0 bridgehead atoms. The fourth-order valence-electron chi connectivity index (χ4n) is 3.50. The van der Waals surface area contributed by atoms with Crippen LogP contribution in [0.2, 0.25) is 0 Å². The second-order valence-electron chi connectivity index (χ2n) is 6.47. The molecule has 0 saturated heterocycles. The van der Waals surface area contributed by atoms with Crippen molar-refractivity contribution in [3.8, 4) is 0 Å². The number of hydrogen-bond acceptors (Lipinski definition) is 6. The van der Waals surface area contributed by atoms with Gasteiger partial charge in [-0.2, -0.15) is 0 Å². The number of rotatable bonds is 7. The van der Waals surface area contributed by atoms with Crippen LogP contribution in [0.25, 0.3) is 0 Å². The average molecular weight is 398 g/mol. The maximum Gasteiger partial charge on any atom is 0.334 e. The van der Waals surface area contributed by atoms with E-state index in [0.29, 0.717) is 12.2 Å². The second-order valence-corrected chi connectivity index (χ2v) is 6.47. The summed E-state index contributed by atoms with van der Waals surface area (Å²) in [6, 6.07) is 5.59. The first-order chi connectivity index (χ1) is 13.8. The third-order valence-electron chi connectivity index (χ3n) is 4.73. The van der Waals surface area contributed by atoms with Crippen molar-refractivity contribution in [1.29, 1.82) is 0 Å². The Morgan fingerprint density at radius 3 is 2.52 bits per heavy atom. The summed E-state index contributed by atoms with van der Waals surface area (Å²) in [6.07, 6.45) is 5.13. The Kier molecular flexibility index (Phi) is 5.44. The number of imidazole rings is 1. The summed E-state index contributed by atoms with van der Waals surface area (Å²) in [6.45, 7) is 1.92. The number of aliphatic carboxylic acids is 2. The zero-order chi connectivity index (χ0) is 21.1. The molecular weight excluding hydrogens is 380 g/mol. The number of nitrogens with one attached hydrogen (secondary N) is 1. The maximum atomic E-state index is 12.2. The minimum absolute atomic E-state index is 0.0216. The van der Waals surface area contributed by atoms with Gasteiger partial charge >= 0.3 is 11.9 Å². The molecule has 1 unspecified atom stereocenters. The van der Waals surface area contributed by atoms with Gasteiger partial charge in [-0.25, -0.2) is 14.6 Å². The van der Waals surface area contributed by atoms with Crippen molar-refractivity contribution in [2.24, 2.45) is 0 Å². The van der Waals surface area contributed by atoms with Crippen molar-refractivity contribution in [3.05, 3.63) is 81.2 Å². The number of benzene rings is 1. The number of nitrogens with zero attached hydrogens (tertiary/aromatic N) is 3. The number of aryl methyl sites for hydroxylation is 1. The Hall–Kier alpha value is -3.95. The summed E-state index contributed by atoms with van der Waals surface area (Å²) < 4.78 is 1.75. The molecule has 0 saturated carbocycles. The van der Waals surface area contributed by atoms with E-state index in [1.54, 1.807) is 23.3 Å². The smallest absolute Gasteiger partial charge is 0.334 e. The van der Waals surface area contributed by atoms with Crippen molar-refractivity contribution in [1.82, 2.24) is 14.9 Å². The van der Waals surface area contributed by atoms with Crippen LogP contribution in [0.4, 0.5) is 5.69 Å². The number of dihydropyridines is 1. The fourth-order valence-corrected chi connectivity index (χ4v) is 3.50. The van der Waals surface area contributed by atoms with Crippen LogP contribution in [0, 0.1) is 10.1 Å². The molecule has 3 rings (SSSR count). The number of carboxylic acid groups (broad SMARTS) is 2. The number of hydrogen-bond donors (Lipinski definition) is 3. The standard InChI is InChI=1S/C19H18N4O6/c1-11-15(18(24)25)16(12-4-2-3-5-14(12)23(28)29)17(19(26)27)13(21-11)6-8-22-9-7-20-10-22/h2-5,7,9-10,16,21H,6,8H2,1H3,(H,24,25)(H,26,27). The minimum atomic E-state index is -1.34. The number of carbonyl (C=O) groups is 2. The topological polar surface area (TPSA) is 148 Å². The van der Waals surface area contributed by atoms with Crippen molar-refractivity contribution >= 4 is 17.6 Å². The van der Waals surface area contributed by atoms with Crippen molar-refractivity contribution in [2.75, 3.05) is 0 Å². The van der Waals surface area contributed by atoms with Gasteiger partial charge in [0.05, 0.1) is 28.3 Å². The molecule has 1 aliphatic rings. The normalized spacial score (nSPS) is 16.5. The molecule has 10 heteroatoms. The predicted molar refractivity (Wildman–Crippen MR) is 101 cm³/mol. The molecule has 0 fully saturated rings. The monoisotopic (exact) mass is 398 g/mol. The van der Waals surface area contributed by atoms with Gasteiger partial charge < -0.3 is 20.1 Å². The molecule has 2 heterocycles. The Bertz CT molecular complexity index is 1040. The van der Waals surface area contributed by atoms with E-state index >= 15 is 0 Å². The molecule has 150 valence electrons. The third kappa shape index (κ3) is 3.86. The summed E-state index contributed by atoms with van der Waals surface area (Å²) in [4.78, 5) is 38.9. The van der Waals surface area contributed by atoms with Gasteiger partial charge in [0.2, 0.25) is 0 Å². The highest BCUT2D eigenvalue weighted by Crippen LogP contribution is 2.42. The average Bonchev–Trinajstić information content (AvgIpc) is 3.18. The minimum Gasteiger partial charge on any atom is -0.478 e. The zero-order valence-corrected chi connectivity index (χ0v) is 15.4. The number of carboxylic acids is 2. The Labute approximate surface area is 165 Å². The van der Waals surface area contributed by atoms with E-state index in [-0.39, 0.29) is 34.5 Å². The summed E-state index contributed by atoms with van der Waals surface area (Å²) in [5, 5.41) is 34.0. The van der Waals surface area contributed by atoms with Crippen molar-refractivity contribution < 1.29 is 24.7 Å².